The molecular formula is C20H29N5O. The third-order valence-corrected chi connectivity index (χ3v) is 5.18. The van der Waals surface area contributed by atoms with Gasteiger partial charge in [0.2, 0.25) is 5.91 Å². The van der Waals surface area contributed by atoms with Crippen LogP contribution in [0.15, 0.2) is 36.7 Å². The Labute approximate surface area is 155 Å². The second kappa shape index (κ2) is 8.94. The normalized spacial score (nSPS) is 17.2. The third-order valence-electron chi connectivity index (χ3n) is 5.18. The molecule has 1 aliphatic heterocycles. The number of rotatable bonds is 7. The van der Waals surface area contributed by atoms with Gasteiger partial charge in [-0.1, -0.05) is 30.3 Å². The molecular weight excluding hydrogens is 326 g/mol. The molecule has 140 valence electrons. The van der Waals surface area contributed by atoms with Crippen LogP contribution >= 0.6 is 0 Å². The second-order valence-corrected chi connectivity index (χ2v) is 7.17. The fourth-order valence-corrected chi connectivity index (χ4v) is 3.66. The van der Waals surface area contributed by atoms with Crippen molar-refractivity contribution >= 4 is 5.91 Å². The summed E-state index contributed by atoms with van der Waals surface area (Å²) in [5, 5.41) is 11.1. The lowest BCUT2D eigenvalue weighted by Gasteiger charge is -2.31. The monoisotopic (exact) mass is 355 g/mol. The number of likely N-dealkylation sites (tertiary alicyclic amines) is 1. The Balaban J connectivity index is 1.42. The molecule has 2 heterocycles. The number of carbonyl (C=O) groups is 1. The number of hydrogen-bond acceptors (Lipinski definition) is 4. The van der Waals surface area contributed by atoms with Crippen LogP contribution in [-0.2, 0) is 17.9 Å². The van der Waals surface area contributed by atoms with E-state index in [9.17, 15) is 4.79 Å². The minimum Gasteiger partial charge on any atom is -0.346 e. The Morgan fingerprint density at radius 3 is 2.69 bits per heavy atom. The highest BCUT2D eigenvalue weighted by molar-refractivity contribution is 5.76. The van der Waals surface area contributed by atoms with E-state index < -0.39 is 0 Å². The highest BCUT2D eigenvalue weighted by Gasteiger charge is 2.23. The first kappa shape index (κ1) is 18.6. The fourth-order valence-electron chi connectivity index (χ4n) is 3.66. The summed E-state index contributed by atoms with van der Waals surface area (Å²) in [5.41, 5.74) is 1.36. The van der Waals surface area contributed by atoms with E-state index in [4.69, 9.17) is 0 Å². The first-order valence-corrected chi connectivity index (χ1v) is 9.59. The van der Waals surface area contributed by atoms with Gasteiger partial charge < -0.3 is 9.88 Å². The predicted octanol–water partition coefficient (Wildman–Crippen LogP) is 2.78. The van der Waals surface area contributed by atoms with Crippen LogP contribution < -0.4 is 5.32 Å². The molecule has 0 spiro atoms. The van der Waals surface area contributed by atoms with Gasteiger partial charge in [0.15, 0.2) is 5.82 Å². The summed E-state index contributed by atoms with van der Waals surface area (Å²) in [7, 11) is 0. The quantitative estimate of drug-likeness (QED) is 0.829. The van der Waals surface area contributed by atoms with Gasteiger partial charge in [0, 0.05) is 19.5 Å². The van der Waals surface area contributed by atoms with Crippen molar-refractivity contribution in [1.82, 2.24) is 25.0 Å². The van der Waals surface area contributed by atoms with E-state index in [-0.39, 0.29) is 11.9 Å². The molecule has 1 amide bonds. The van der Waals surface area contributed by atoms with Crippen LogP contribution in [-0.4, -0.2) is 38.7 Å². The third kappa shape index (κ3) is 4.91. The lowest BCUT2D eigenvalue weighted by atomic mass is 9.93. The maximum absolute atomic E-state index is 12.4. The van der Waals surface area contributed by atoms with E-state index in [2.05, 4.69) is 50.7 Å². The van der Waals surface area contributed by atoms with E-state index in [1.807, 2.05) is 18.4 Å². The van der Waals surface area contributed by atoms with Crippen molar-refractivity contribution in [3.63, 3.8) is 0 Å². The van der Waals surface area contributed by atoms with Crippen LogP contribution in [0.5, 0.6) is 0 Å². The zero-order valence-electron chi connectivity index (χ0n) is 15.8. The number of piperidine rings is 1. The van der Waals surface area contributed by atoms with Crippen LogP contribution in [0.4, 0.5) is 0 Å². The molecule has 1 fully saturated rings. The molecule has 26 heavy (non-hydrogen) atoms. The van der Waals surface area contributed by atoms with Crippen LogP contribution in [0.3, 0.4) is 0 Å². The largest absolute Gasteiger partial charge is 0.346 e. The smallest absolute Gasteiger partial charge is 0.220 e. The van der Waals surface area contributed by atoms with Gasteiger partial charge >= 0.3 is 0 Å². The van der Waals surface area contributed by atoms with Gasteiger partial charge in [-0.2, -0.15) is 0 Å². The zero-order chi connectivity index (χ0) is 18.4. The van der Waals surface area contributed by atoms with Crippen molar-refractivity contribution in [2.75, 3.05) is 13.1 Å². The lowest BCUT2D eigenvalue weighted by Crippen LogP contribution is -2.36. The van der Waals surface area contributed by atoms with Crippen molar-refractivity contribution in [1.29, 1.82) is 0 Å². The number of carbonyl (C=O) groups excluding carboxylic acids is 1. The minimum atomic E-state index is -0.108. The van der Waals surface area contributed by atoms with Gasteiger partial charge in [0.25, 0.3) is 0 Å². The highest BCUT2D eigenvalue weighted by Crippen LogP contribution is 2.22. The van der Waals surface area contributed by atoms with Crippen molar-refractivity contribution < 1.29 is 4.79 Å². The summed E-state index contributed by atoms with van der Waals surface area (Å²) in [6.07, 6.45) is 4.48. The summed E-state index contributed by atoms with van der Waals surface area (Å²) < 4.78 is 1.97. The van der Waals surface area contributed by atoms with E-state index in [0.29, 0.717) is 12.3 Å². The number of benzene rings is 1. The van der Waals surface area contributed by atoms with Gasteiger partial charge in [0.05, 0.1) is 6.04 Å². The molecule has 0 unspecified atom stereocenters. The fraction of sp³-hybridized carbons (Fsp3) is 0.550. The molecule has 1 atom stereocenters. The minimum absolute atomic E-state index is 0.108. The van der Waals surface area contributed by atoms with Gasteiger partial charge in [0.1, 0.15) is 6.33 Å². The molecule has 2 aromatic rings. The SMILES string of the molecule is CCn1cnnc1[C@@H](C)NC(=O)CC1CCN(Cc2ccccc2)CC1. The predicted molar refractivity (Wildman–Crippen MR) is 101 cm³/mol. The molecule has 3 rings (SSSR count). The van der Waals surface area contributed by atoms with Gasteiger partial charge in [-0.25, -0.2) is 0 Å². The first-order valence-electron chi connectivity index (χ1n) is 9.59. The summed E-state index contributed by atoms with van der Waals surface area (Å²) >= 11 is 0. The van der Waals surface area contributed by atoms with E-state index >= 15 is 0 Å². The van der Waals surface area contributed by atoms with Crippen molar-refractivity contribution in [2.24, 2.45) is 5.92 Å². The number of nitrogens with one attached hydrogen (secondary N) is 1. The van der Waals surface area contributed by atoms with Crippen molar-refractivity contribution in [3.05, 3.63) is 48.0 Å². The summed E-state index contributed by atoms with van der Waals surface area (Å²) in [6, 6.07) is 10.5. The molecule has 1 aliphatic rings. The Hall–Kier alpha value is -2.21. The van der Waals surface area contributed by atoms with E-state index in [1.165, 1.54) is 5.56 Å². The number of aryl methyl sites for hydroxylation is 1. The lowest BCUT2D eigenvalue weighted by molar-refractivity contribution is -0.123. The second-order valence-electron chi connectivity index (χ2n) is 7.17. The Kier molecular flexibility index (Phi) is 6.39. The first-order chi connectivity index (χ1) is 12.7. The molecule has 0 bridgehead atoms. The number of amides is 1. The molecule has 1 saturated heterocycles. The van der Waals surface area contributed by atoms with E-state index in [0.717, 1.165) is 44.8 Å². The molecule has 1 aromatic heterocycles. The average Bonchev–Trinajstić information content (AvgIpc) is 3.13. The average molecular weight is 355 g/mol. The van der Waals surface area contributed by atoms with Crippen molar-refractivity contribution in [3.8, 4) is 0 Å². The van der Waals surface area contributed by atoms with Gasteiger partial charge in [-0.15, -0.1) is 10.2 Å². The number of hydrogen-bond donors (Lipinski definition) is 1. The molecule has 0 aliphatic carbocycles. The maximum Gasteiger partial charge on any atom is 0.220 e. The Morgan fingerprint density at radius 1 is 1.27 bits per heavy atom. The number of nitrogens with zero attached hydrogens (tertiary/aromatic N) is 4. The van der Waals surface area contributed by atoms with Crippen LogP contribution in [0.25, 0.3) is 0 Å². The molecule has 6 nitrogen and oxygen atoms in total. The van der Waals surface area contributed by atoms with Crippen LogP contribution in [0.1, 0.15) is 50.5 Å². The molecule has 6 heteroatoms. The standard InChI is InChI=1S/C20H29N5O/c1-3-25-15-21-23-20(25)16(2)22-19(26)13-17-9-11-24(12-10-17)14-18-7-5-4-6-8-18/h4-8,15-17H,3,9-14H2,1-2H3,(H,22,26)/t16-/m1/s1. The summed E-state index contributed by atoms with van der Waals surface area (Å²) in [4.78, 5) is 14.9. The maximum atomic E-state index is 12.4. The molecule has 0 radical (unpaired) electrons. The number of aromatic nitrogens is 3. The van der Waals surface area contributed by atoms with Crippen LogP contribution in [0.2, 0.25) is 0 Å². The molecule has 1 aromatic carbocycles. The Morgan fingerprint density at radius 2 is 2.00 bits per heavy atom. The van der Waals surface area contributed by atoms with Gasteiger partial charge in [-0.3, -0.25) is 9.69 Å². The zero-order valence-corrected chi connectivity index (χ0v) is 15.8. The topological polar surface area (TPSA) is 63.1 Å². The molecule has 0 saturated carbocycles. The summed E-state index contributed by atoms with van der Waals surface area (Å²) in [6.45, 7) is 7.95. The van der Waals surface area contributed by atoms with Crippen molar-refractivity contribution in [2.45, 2.75) is 52.2 Å². The Bertz CT molecular complexity index is 691. The van der Waals surface area contributed by atoms with Gasteiger partial charge in [-0.05, 0) is 51.3 Å². The van der Waals surface area contributed by atoms with E-state index in [1.54, 1.807) is 6.33 Å². The molecule has 1 N–H and O–H groups in total. The summed E-state index contributed by atoms with van der Waals surface area (Å²) in [5.74, 6) is 1.40. The van der Waals surface area contributed by atoms with Crippen LogP contribution in [0, 0.1) is 5.92 Å². The highest BCUT2D eigenvalue weighted by atomic mass is 16.1.